The van der Waals surface area contributed by atoms with Crippen LogP contribution in [0, 0.1) is 0 Å². The van der Waals surface area contributed by atoms with Gasteiger partial charge in [0, 0.05) is 32.7 Å². The Morgan fingerprint density at radius 3 is 2.71 bits per heavy atom. The first-order valence-electron chi connectivity index (χ1n) is 6.12. The highest BCUT2D eigenvalue weighted by Gasteiger charge is 2.30. The molecule has 5 heteroatoms. The van der Waals surface area contributed by atoms with E-state index in [1.165, 1.54) is 0 Å². The second-order valence-electron chi connectivity index (χ2n) is 5.56. The van der Waals surface area contributed by atoms with Crippen LogP contribution in [0.1, 0.15) is 27.2 Å². The molecule has 5 nitrogen and oxygen atoms in total. The topological polar surface area (TPSA) is 53.0 Å². The van der Waals surface area contributed by atoms with Crippen molar-refractivity contribution in [2.24, 2.45) is 0 Å². The quantitative estimate of drug-likeness (QED) is 0.802. The Kier molecular flexibility index (Phi) is 4.77. The third-order valence-corrected chi connectivity index (χ3v) is 2.89. The van der Waals surface area contributed by atoms with Crippen LogP contribution in [-0.4, -0.2) is 65.9 Å². The monoisotopic (exact) mass is 244 g/mol. The van der Waals surface area contributed by atoms with Gasteiger partial charge in [0.15, 0.2) is 0 Å². The van der Waals surface area contributed by atoms with E-state index in [0.717, 1.165) is 19.5 Å². The maximum atomic E-state index is 11.8. The van der Waals surface area contributed by atoms with Crippen LogP contribution in [0.4, 0.5) is 4.79 Å². The number of likely N-dealkylation sites (N-methyl/N-ethyl adjacent to an activating group) is 1. The predicted molar refractivity (Wildman–Crippen MR) is 65.9 cm³/mol. The lowest BCUT2D eigenvalue weighted by Crippen LogP contribution is -2.42. The van der Waals surface area contributed by atoms with Crippen LogP contribution in [0.15, 0.2) is 0 Å². The zero-order valence-corrected chi connectivity index (χ0v) is 11.3. The minimum absolute atomic E-state index is 0.170. The predicted octanol–water partition coefficient (Wildman–Crippen LogP) is 0.920. The SMILES string of the molecule is CN(C(=O)OC(C)(C)C)[C@H]1CCN(CCO)C1. The van der Waals surface area contributed by atoms with Crippen molar-refractivity contribution < 1.29 is 14.6 Å². The van der Waals surface area contributed by atoms with Crippen molar-refractivity contribution in [2.75, 3.05) is 33.3 Å². The molecule has 1 aliphatic rings. The number of nitrogens with zero attached hydrogens (tertiary/aromatic N) is 2. The fourth-order valence-electron chi connectivity index (χ4n) is 1.96. The van der Waals surface area contributed by atoms with E-state index in [-0.39, 0.29) is 18.7 Å². The molecule has 0 bridgehead atoms. The second-order valence-corrected chi connectivity index (χ2v) is 5.56. The summed E-state index contributed by atoms with van der Waals surface area (Å²) in [6.07, 6.45) is 0.670. The van der Waals surface area contributed by atoms with Gasteiger partial charge in [0.2, 0.25) is 0 Å². The molecule has 1 amide bonds. The van der Waals surface area contributed by atoms with Crippen molar-refractivity contribution >= 4 is 6.09 Å². The average molecular weight is 244 g/mol. The van der Waals surface area contributed by atoms with E-state index in [1.54, 1.807) is 11.9 Å². The van der Waals surface area contributed by atoms with Gasteiger partial charge in [0.1, 0.15) is 5.60 Å². The number of carbonyl (C=O) groups is 1. The van der Waals surface area contributed by atoms with Crippen LogP contribution in [0.2, 0.25) is 0 Å². The Balaban J connectivity index is 2.43. The molecule has 0 saturated carbocycles. The summed E-state index contributed by atoms with van der Waals surface area (Å²) in [4.78, 5) is 15.7. The molecule has 1 saturated heterocycles. The third kappa shape index (κ3) is 4.52. The summed E-state index contributed by atoms with van der Waals surface area (Å²) in [5.41, 5.74) is -0.450. The first-order chi connectivity index (χ1) is 7.83. The normalized spacial score (nSPS) is 21.6. The van der Waals surface area contributed by atoms with E-state index >= 15 is 0 Å². The van der Waals surface area contributed by atoms with Gasteiger partial charge in [-0.15, -0.1) is 0 Å². The molecular weight excluding hydrogens is 220 g/mol. The van der Waals surface area contributed by atoms with Crippen LogP contribution in [0.5, 0.6) is 0 Å². The molecule has 1 fully saturated rings. The van der Waals surface area contributed by atoms with Gasteiger partial charge in [0.25, 0.3) is 0 Å². The fraction of sp³-hybridized carbons (Fsp3) is 0.917. The number of β-amino-alcohol motifs (C(OH)–C–C–N with tert-alkyl or cyclic N) is 1. The molecule has 1 aliphatic heterocycles. The molecule has 0 radical (unpaired) electrons. The number of aliphatic hydroxyl groups is 1. The van der Waals surface area contributed by atoms with E-state index in [9.17, 15) is 4.79 Å². The summed E-state index contributed by atoms with van der Waals surface area (Å²) >= 11 is 0. The van der Waals surface area contributed by atoms with Crippen LogP contribution in [-0.2, 0) is 4.74 Å². The van der Waals surface area contributed by atoms with Crippen molar-refractivity contribution in [1.82, 2.24) is 9.80 Å². The molecule has 1 N–H and O–H groups in total. The Morgan fingerprint density at radius 2 is 2.18 bits per heavy atom. The molecule has 0 aromatic heterocycles. The smallest absolute Gasteiger partial charge is 0.410 e. The Morgan fingerprint density at radius 1 is 1.53 bits per heavy atom. The zero-order valence-electron chi connectivity index (χ0n) is 11.3. The summed E-state index contributed by atoms with van der Waals surface area (Å²) < 4.78 is 5.33. The maximum absolute atomic E-state index is 11.8. The summed E-state index contributed by atoms with van der Waals surface area (Å²) in [6, 6.07) is 0.191. The number of rotatable bonds is 3. The molecule has 17 heavy (non-hydrogen) atoms. The van der Waals surface area contributed by atoms with Gasteiger partial charge in [-0.05, 0) is 27.2 Å². The second kappa shape index (κ2) is 5.69. The first-order valence-corrected chi connectivity index (χ1v) is 6.12. The fourth-order valence-corrected chi connectivity index (χ4v) is 1.96. The number of carbonyl (C=O) groups excluding carboxylic acids is 1. The van der Waals surface area contributed by atoms with E-state index in [4.69, 9.17) is 9.84 Å². The van der Waals surface area contributed by atoms with E-state index in [1.807, 2.05) is 20.8 Å². The van der Waals surface area contributed by atoms with Crippen molar-refractivity contribution in [1.29, 1.82) is 0 Å². The summed E-state index contributed by atoms with van der Waals surface area (Å²) in [7, 11) is 1.78. The Hall–Kier alpha value is -0.810. The summed E-state index contributed by atoms with van der Waals surface area (Å²) in [6.45, 7) is 8.19. The highest BCUT2D eigenvalue weighted by atomic mass is 16.6. The zero-order chi connectivity index (χ0) is 13.1. The standard InChI is InChI=1S/C12H24N2O3/c1-12(2,3)17-11(16)13(4)10-5-6-14(9-10)7-8-15/h10,15H,5-9H2,1-4H3/t10-/m0/s1. The lowest BCUT2D eigenvalue weighted by molar-refractivity contribution is 0.0228. The van der Waals surface area contributed by atoms with E-state index in [2.05, 4.69) is 4.90 Å². The van der Waals surface area contributed by atoms with Crippen LogP contribution in [0.3, 0.4) is 0 Å². The Bertz CT molecular complexity index is 263. The number of aliphatic hydroxyl groups excluding tert-OH is 1. The van der Waals surface area contributed by atoms with Crippen LogP contribution < -0.4 is 0 Å². The highest BCUT2D eigenvalue weighted by molar-refractivity contribution is 5.68. The maximum Gasteiger partial charge on any atom is 0.410 e. The molecule has 1 atom stereocenters. The molecule has 0 aliphatic carbocycles. The minimum Gasteiger partial charge on any atom is -0.444 e. The molecule has 100 valence electrons. The van der Waals surface area contributed by atoms with Gasteiger partial charge in [0.05, 0.1) is 6.61 Å². The van der Waals surface area contributed by atoms with Crippen LogP contribution in [0.25, 0.3) is 0 Å². The summed E-state index contributed by atoms with van der Waals surface area (Å²) in [5, 5.41) is 8.87. The van der Waals surface area contributed by atoms with E-state index in [0.29, 0.717) is 6.54 Å². The van der Waals surface area contributed by atoms with Gasteiger partial charge in [-0.2, -0.15) is 0 Å². The number of amides is 1. The number of hydrogen-bond acceptors (Lipinski definition) is 4. The molecule has 0 aromatic carbocycles. The molecule has 1 rings (SSSR count). The van der Waals surface area contributed by atoms with E-state index < -0.39 is 5.60 Å². The lowest BCUT2D eigenvalue weighted by Gasteiger charge is -2.28. The summed E-state index contributed by atoms with van der Waals surface area (Å²) in [5.74, 6) is 0. The third-order valence-electron chi connectivity index (χ3n) is 2.89. The van der Waals surface area contributed by atoms with Gasteiger partial charge in [-0.3, -0.25) is 4.90 Å². The van der Waals surface area contributed by atoms with Gasteiger partial charge >= 0.3 is 6.09 Å². The Labute approximate surface area is 103 Å². The number of likely N-dealkylation sites (tertiary alicyclic amines) is 1. The van der Waals surface area contributed by atoms with Crippen LogP contribution >= 0.6 is 0 Å². The molecule has 0 spiro atoms. The molecule has 0 unspecified atom stereocenters. The van der Waals surface area contributed by atoms with Crippen molar-refractivity contribution in [3.8, 4) is 0 Å². The highest BCUT2D eigenvalue weighted by Crippen LogP contribution is 2.17. The lowest BCUT2D eigenvalue weighted by atomic mass is 10.2. The number of hydrogen-bond donors (Lipinski definition) is 1. The van der Waals surface area contributed by atoms with Crippen molar-refractivity contribution in [3.63, 3.8) is 0 Å². The molecule has 1 heterocycles. The molecule has 0 aromatic rings. The number of ether oxygens (including phenoxy) is 1. The molecular formula is C12H24N2O3. The van der Waals surface area contributed by atoms with Crippen molar-refractivity contribution in [2.45, 2.75) is 38.8 Å². The minimum atomic E-state index is -0.450. The first kappa shape index (κ1) is 14.3. The van der Waals surface area contributed by atoms with Gasteiger partial charge < -0.3 is 14.7 Å². The van der Waals surface area contributed by atoms with Gasteiger partial charge in [-0.25, -0.2) is 4.79 Å². The van der Waals surface area contributed by atoms with Gasteiger partial charge in [-0.1, -0.05) is 0 Å². The largest absolute Gasteiger partial charge is 0.444 e. The average Bonchev–Trinajstić information content (AvgIpc) is 2.63. The van der Waals surface area contributed by atoms with Crippen molar-refractivity contribution in [3.05, 3.63) is 0 Å².